The third kappa shape index (κ3) is 7.94. The topological polar surface area (TPSA) is 84.4 Å². The molecule has 170 valence electrons. The van der Waals surface area contributed by atoms with Crippen LogP contribution in [-0.4, -0.2) is 45.6 Å². The summed E-state index contributed by atoms with van der Waals surface area (Å²) in [7, 11) is 0. The number of hydrogen-bond donors (Lipinski definition) is 1. The van der Waals surface area contributed by atoms with Gasteiger partial charge in [0, 0.05) is 30.9 Å². The average molecular weight is 447 g/mol. The van der Waals surface area contributed by atoms with Crippen molar-refractivity contribution in [3.8, 4) is 0 Å². The fourth-order valence-corrected chi connectivity index (χ4v) is 3.79. The van der Waals surface area contributed by atoms with Gasteiger partial charge in [-0.2, -0.15) is 0 Å². The van der Waals surface area contributed by atoms with Crippen molar-refractivity contribution in [3.05, 3.63) is 45.7 Å². The van der Waals surface area contributed by atoms with Crippen molar-refractivity contribution in [2.45, 2.75) is 72.4 Å². The van der Waals surface area contributed by atoms with Crippen molar-refractivity contribution in [3.63, 3.8) is 0 Å². The molecule has 2 aromatic heterocycles. The van der Waals surface area contributed by atoms with E-state index in [-0.39, 0.29) is 17.4 Å². The molecule has 2 rings (SSSR count). The van der Waals surface area contributed by atoms with Crippen molar-refractivity contribution in [2.24, 2.45) is 0 Å². The molecule has 0 bridgehead atoms. The van der Waals surface area contributed by atoms with Gasteiger partial charge in [0.15, 0.2) is 0 Å². The molecule has 0 fully saturated rings. The van der Waals surface area contributed by atoms with Crippen LogP contribution >= 0.6 is 11.3 Å². The third-order valence-electron chi connectivity index (χ3n) is 4.28. The van der Waals surface area contributed by atoms with Crippen LogP contribution in [0, 0.1) is 6.92 Å². The number of carbonyl (C=O) groups is 2. The Morgan fingerprint density at radius 3 is 2.45 bits per heavy atom. The van der Waals surface area contributed by atoms with Crippen LogP contribution in [0.1, 0.15) is 73.9 Å². The van der Waals surface area contributed by atoms with E-state index in [9.17, 15) is 9.59 Å². The van der Waals surface area contributed by atoms with Gasteiger partial charge in [0.25, 0.3) is 5.91 Å². The normalized spacial score (nSPS) is 11.8. The van der Waals surface area contributed by atoms with Crippen molar-refractivity contribution < 1.29 is 14.3 Å². The summed E-state index contributed by atoms with van der Waals surface area (Å²) in [4.78, 5) is 36.2. The number of rotatable bonds is 7. The quantitative estimate of drug-likeness (QED) is 0.623. The molecule has 0 atom stereocenters. The van der Waals surface area contributed by atoms with Crippen molar-refractivity contribution in [1.29, 1.82) is 0 Å². The monoisotopic (exact) mass is 446 g/mol. The SMILES string of the molecule is Cc1nc(C(C)(C)C)sc1C(=O)NCCCN(Cc1cccnc1)C(=O)OC(C)(C)C. The zero-order valence-corrected chi connectivity index (χ0v) is 20.4. The molecule has 31 heavy (non-hydrogen) atoms. The number of hydrogen-bond acceptors (Lipinski definition) is 6. The van der Waals surface area contributed by atoms with Crippen LogP contribution in [-0.2, 0) is 16.7 Å². The van der Waals surface area contributed by atoms with Crippen LogP contribution < -0.4 is 5.32 Å². The van der Waals surface area contributed by atoms with Crippen LogP contribution in [0.15, 0.2) is 24.5 Å². The van der Waals surface area contributed by atoms with Crippen LogP contribution in [0.2, 0.25) is 0 Å². The molecule has 0 aliphatic heterocycles. The minimum absolute atomic E-state index is 0.0891. The fraction of sp³-hybridized carbons (Fsp3) is 0.565. The lowest BCUT2D eigenvalue weighted by Crippen LogP contribution is -2.38. The molecule has 0 aromatic carbocycles. The molecule has 2 heterocycles. The van der Waals surface area contributed by atoms with E-state index in [4.69, 9.17) is 4.74 Å². The predicted octanol–water partition coefficient (Wildman–Crippen LogP) is 4.70. The van der Waals surface area contributed by atoms with E-state index in [1.54, 1.807) is 17.3 Å². The highest BCUT2D eigenvalue weighted by atomic mass is 32.1. The second kappa shape index (κ2) is 10.2. The van der Waals surface area contributed by atoms with Crippen LogP contribution in [0.3, 0.4) is 0 Å². The molecular formula is C23H34N4O3S. The van der Waals surface area contributed by atoms with E-state index >= 15 is 0 Å². The van der Waals surface area contributed by atoms with Crippen LogP contribution in [0.25, 0.3) is 0 Å². The highest BCUT2D eigenvalue weighted by Crippen LogP contribution is 2.29. The number of ether oxygens (including phenoxy) is 1. The lowest BCUT2D eigenvalue weighted by atomic mass is 9.98. The standard InChI is InChI=1S/C23H34N4O3S/c1-16-18(31-20(26-16)22(2,3)4)19(28)25-12-9-13-27(21(29)30-23(5,6)7)15-17-10-8-11-24-14-17/h8,10-11,14H,9,12-13,15H2,1-7H3,(H,25,28). The minimum Gasteiger partial charge on any atom is -0.444 e. The molecule has 0 radical (unpaired) electrons. The maximum absolute atomic E-state index is 12.6. The Morgan fingerprint density at radius 2 is 1.90 bits per heavy atom. The second-order valence-electron chi connectivity index (χ2n) is 9.56. The Morgan fingerprint density at radius 1 is 1.19 bits per heavy atom. The first kappa shape index (κ1) is 24.8. The lowest BCUT2D eigenvalue weighted by molar-refractivity contribution is 0.0232. The van der Waals surface area contributed by atoms with Gasteiger partial charge in [-0.05, 0) is 45.7 Å². The van der Waals surface area contributed by atoms with E-state index in [0.717, 1.165) is 16.3 Å². The maximum Gasteiger partial charge on any atom is 0.410 e. The van der Waals surface area contributed by atoms with Gasteiger partial charge in [-0.1, -0.05) is 26.8 Å². The Balaban J connectivity index is 1.95. The number of pyridine rings is 1. The minimum atomic E-state index is -0.576. The fourth-order valence-electron chi connectivity index (χ4n) is 2.75. The first-order valence-corrected chi connectivity index (χ1v) is 11.3. The van der Waals surface area contributed by atoms with Gasteiger partial charge in [0.05, 0.1) is 17.2 Å². The highest BCUT2D eigenvalue weighted by molar-refractivity contribution is 7.14. The summed E-state index contributed by atoms with van der Waals surface area (Å²) in [5.41, 5.74) is 1.01. The molecule has 0 saturated heterocycles. The van der Waals surface area contributed by atoms with E-state index in [1.807, 2.05) is 39.8 Å². The lowest BCUT2D eigenvalue weighted by Gasteiger charge is -2.27. The van der Waals surface area contributed by atoms with Gasteiger partial charge >= 0.3 is 6.09 Å². The van der Waals surface area contributed by atoms with Gasteiger partial charge in [-0.25, -0.2) is 9.78 Å². The van der Waals surface area contributed by atoms with Crippen molar-refractivity contribution >= 4 is 23.3 Å². The molecule has 0 aliphatic rings. The van der Waals surface area contributed by atoms with Gasteiger partial charge in [0.1, 0.15) is 10.5 Å². The van der Waals surface area contributed by atoms with Gasteiger partial charge in [-0.3, -0.25) is 9.78 Å². The number of carbonyl (C=O) groups excluding carboxylic acids is 2. The molecule has 0 saturated carbocycles. The van der Waals surface area contributed by atoms with E-state index in [2.05, 4.69) is 36.1 Å². The van der Waals surface area contributed by atoms with Gasteiger partial charge in [-0.15, -0.1) is 11.3 Å². The average Bonchev–Trinajstić information content (AvgIpc) is 3.05. The molecule has 0 spiro atoms. The maximum atomic E-state index is 12.6. The molecule has 2 aromatic rings. The summed E-state index contributed by atoms with van der Waals surface area (Å²) in [6.45, 7) is 15.0. The largest absolute Gasteiger partial charge is 0.444 e. The molecule has 7 nitrogen and oxygen atoms in total. The molecule has 0 aliphatic carbocycles. The third-order valence-corrected chi connectivity index (χ3v) is 5.86. The van der Waals surface area contributed by atoms with Gasteiger partial charge < -0.3 is 15.0 Å². The van der Waals surface area contributed by atoms with Crippen molar-refractivity contribution in [2.75, 3.05) is 13.1 Å². The summed E-state index contributed by atoms with van der Waals surface area (Å²) in [5, 5.41) is 3.90. The number of aryl methyl sites for hydroxylation is 1. The predicted molar refractivity (Wildman–Crippen MR) is 123 cm³/mol. The Hall–Kier alpha value is -2.48. The zero-order chi connectivity index (χ0) is 23.2. The first-order valence-electron chi connectivity index (χ1n) is 10.5. The number of thiazole rings is 1. The number of nitrogens with one attached hydrogen (secondary N) is 1. The molecule has 2 amide bonds. The molecule has 1 N–H and O–H groups in total. The summed E-state index contributed by atoms with van der Waals surface area (Å²) >= 11 is 1.44. The Bertz CT molecular complexity index is 882. The van der Waals surface area contributed by atoms with E-state index in [1.165, 1.54) is 11.3 Å². The summed E-state index contributed by atoms with van der Waals surface area (Å²) in [5.74, 6) is -0.124. The molecule has 0 unspecified atom stereocenters. The van der Waals surface area contributed by atoms with Gasteiger partial charge in [0.2, 0.25) is 0 Å². The number of amides is 2. The second-order valence-corrected chi connectivity index (χ2v) is 10.6. The van der Waals surface area contributed by atoms with Crippen LogP contribution in [0.4, 0.5) is 4.79 Å². The zero-order valence-electron chi connectivity index (χ0n) is 19.6. The van der Waals surface area contributed by atoms with Crippen LogP contribution in [0.5, 0.6) is 0 Å². The smallest absolute Gasteiger partial charge is 0.410 e. The highest BCUT2D eigenvalue weighted by Gasteiger charge is 2.24. The number of nitrogens with zero attached hydrogens (tertiary/aromatic N) is 3. The number of aromatic nitrogens is 2. The molecule has 8 heteroatoms. The summed E-state index contributed by atoms with van der Waals surface area (Å²) in [6.07, 6.45) is 3.66. The Labute approximate surface area is 189 Å². The summed E-state index contributed by atoms with van der Waals surface area (Å²) < 4.78 is 5.54. The summed E-state index contributed by atoms with van der Waals surface area (Å²) in [6, 6.07) is 3.76. The Kier molecular flexibility index (Phi) is 8.17. The van der Waals surface area contributed by atoms with Crippen molar-refractivity contribution in [1.82, 2.24) is 20.2 Å². The first-order chi connectivity index (χ1) is 14.4. The molecular weight excluding hydrogens is 412 g/mol. The van der Waals surface area contributed by atoms with E-state index in [0.29, 0.717) is 30.9 Å². The van der Waals surface area contributed by atoms with E-state index < -0.39 is 5.60 Å².